The highest BCUT2D eigenvalue weighted by molar-refractivity contribution is 6.35. The molecule has 3 aromatic rings. The highest BCUT2D eigenvalue weighted by Crippen LogP contribution is 2.38. The molecule has 14 nitrogen and oxygen atoms in total. The fraction of sp³-hybridized carbons (Fsp3) is 0.185. The lowest BCUT2D eigenvalue weighted by Crippen LogP contribution is -2.30. The van der Waals surface area contributed by atoms with Crippen molar-refractivity contribution in [1.29, 1.82) is 0 Å². The van der Waals surface area contributed by atoms with Crippen molar-refractivity contribution >= 4 is 46.4 Å². The Labute approximate surface area is 231 Å². The van der Waals surface area contributed by atoms with Crippen LogP contribution >= 0.6 is 0 Å². The van der Waals surface area contributed by atoms with E-state index in [2.05, 4.69) is 0 Å². The highest BCUT2D eigenvalue weighted by Gasteiger charge is 2.42. The summed E-state index contributed by atoms with van der Waals surface area (Å²) in [4.78, 5) is 74.9. The number of aryl methyl sites for hydroxylation is 1. The number of fused-ring (bicyclic) bond motifs is 1. The van der Waals surface area contributed by atoms with Crippen molar-refractivity contribution in [2.75, 3.05) is 23.5 Å². The number of benzene rings is 3. The van der Waals surface area contributed by atoms with Crippen molar-refractivity contribution in [3.63, 3.8) is 0 Å². The number of nitro benzene ring substituents is 2. The van der Waals surface area contributed by atoms with Gasteiger partial charge in [0.15, 0.2) is 0 Å². The van der Waals surface area contributed by atoms with Gasteiger partial charge in [0.25, 0.3) is 23.2 Å². The van der Waals surface area contributed by atoms with Crippen molar-refractivity contribution in [3.05, 3.63) is 91.5 Å². The molecule has 41 heavy (non-hydrogen) atoms. The molecular formula is C27H20N4O10. The Morgan fingerprint density at radius 1 is 0.951 bits per heavy atom. The summed E-state index contributed by atoms with van der Waals surface area (Å²) < 4.78 is 10.7. The minimum absolute atomic E-state index is 0.0449. The van der Waals surface area contributed by atoms with Crippen molar-refractivity contribution in [1.82, 2.24) is 0 Å². The van der Waals surface area contributed by atoms with Crippen LogP contribution in [0, 0.1) is 33.1 Å². The van der Waals surface area contributed by atoms with Crippen LogP contribution in [0.1, 0.15) is 32.7 Å². The van der Waals surface area contributed by atoms with Crippen molar-refractivity contribution < 1.29 is 38.5 Å². The van der Waals surface area contributed by atoms with Crippen molar-refractivity contribution in [3.8, 4) is 11.5 Å². The van der Waals surface area contributed by atoms with Crippen molar-refractivity contribution in [2.24, 2.45) is 5.92 Å². The minimum Gasteiger partial charge on any atom is -0.494 e. The van der Waals surface area contributed by atoms with E-state index in [9.17, 15) is 39.4 Å². The number of hydrogen-bond acceptors (Lipinski definition) is 10. The number of ether oxygens (including phenoxy) is 2. The van der Waals surface area contributed by atoms with Gasteiger partial charge in [0.2, 0.25) is 5.91 Å². The molecule has 0 aromatic heterocycles. The van der Waals surface area contributed by atoms with Crippen LogP contribution in [0.4, 0.5) is 22.7 Å². The first-order chi connectivity index (χ1) is 19.5. The van der Waals surface area contributed by atoms with Crippen LogP contribution in [-0.2, 0) is 9.59 Å². The molecule has 3 aromatic carbocycles. The number of non-ortho nitro benzene ring substituents is 1. The zero-order chi connectivity index (χ0) is 29.6. The number of nitrogens with zero attached hydrogens (tertiary/aromatic N) is 4. The van der Waals surface area contributed by atoms with Gasteiger partial charge in [-0.15, -0.1) is 0 Å². The van der Waals surface area contributed by atoms with E-state index in [1.54, 1.807) is 6.92 Å². The molecule has 1 atom stereocenters. The van der Waals surface area contributed by atoms with Crippen LogP contribution in [0.2, 0.25) is 0 Å². The number of anilines is 2. The van der Waals surface area contributed by atoms with E-state index in [1.807, 2.05) is 0 Å². The normalized spacial score (nSPS) is 16.1. The minimum atomic E-state index is -0.848. The molecule has 14 heteroatoms. The maximum absolute atomic E-state index is 13.0. The molecule has 208 valence electrons. The largest absolute Gasteiger partial charge is 0.494 e. The van der Waals surface area contributed by atoms with Gasteiger partial charge in [-0.25, -0.2) is 4.90 Å². The second-order valence-corrected chi connectivity index (χ2v) is 9.29. The summed E-state index contributed by atoms with van der Waals surface area (Å²) in [6, 6.07) is 11.8. The molecule has 0 unspecified atom stereocenters. The number of nitro groups is 2. The van der Waals surface area contributed by atoms with Crippen LogP contribution in [-0.4, -0.2) is 47.2 Å². The molecule has 0 radical (unpaired) electrons. The van der Waals surface area contributed by atoms with Gasteiger partial charge in [0.05, 0.1) is 45.9 Å². The molecule has 0 saturated carbocycles. The Morgan fingerprint density at radius 2 is 1.68 bits per heavy atom. The lowest BCUT2D eigenvalue weighted by atomic mass is 10.1. The predicted molar refractivity (Wildman–Crippen MR) is 141 cm³/mol. The second-order valence-electron chi connectivity index (χ2n) is 9.29. The van der Waals surface area contributed by atoms with E-state index in [0.717, 1.165) is 11.0 Å². The quantitative estimate of drug-likeness (QED) is 0.136. The number of hydrogen-bond donors (Lipinski definition) is 0. The molecule has 2 aliphatic heterocycles. The molecule has 1 fully saturated rings. The van der Waals surface area contributed by atoms with Gasteiger partial charge in [-0.05, 0) is 42.8 Å². The summed E-state index contributed by atoms with van der Waals surface area (Å²) >= 11 is 0. The third-order valence-electron chi connectivity index (χ3n) is 6.84. The van der Waals surface area contributed by atoms with E-state index in [1.165, 1.54) is 60.5 Å². The van der Waals surface area contributed by atoms with E-state index in [-0.39, 0.29) is 52.7 Å². The maximum Gasteiger partial charge on any atom is 0.316 e. The number of imide groups is 1. The summed E-state index contributed by atoms with van der Waals surface area (Å²) in [5, 5.41) is 22.5. The number of methoxy groups -OCH3 is 1. The Balaban J connectivity index is 1.32. The maximum atomic E-state index is 13.0. The molecule has 0 spiro atoms. The third-order valence-corrected chi connectivity index (χ3v) is 6.84. The second kappa shape index (κ2) is 10.1. The third kappa shape index (κ3) is 4.60. The molecular weight excluding hydrogens is 540 g/mol. The summed E-state index contributed by atoms with van der Waals surface area (Å²) in [5.41, 5.74) is -0.244. The number of rotatable bonds is 7. The summed E-state index contributed by atoms with van der Waals surface area (Å²) in [6.45, 7) is 1.53. The molecule has 2 heterocycles. The summed E-state index contributed by atoms with van der Waals surface area (Å²) in [7, 11) is 1.31. The van der Waals surface area contributed by atoms with Crippen LogP contribution in [0.15, 0.2) is 54.6 Å². The van der Waals surface area contributed by atoms with E-state index >= 15 is 0 Å². The topological polar surface area (TPSA) is 180 Å². The van der Waals surface area contributed by atoms with Crippen LogP contribution in [0.25, 0.3) is 0 Å². The first-order valence-corrected chi connectivity index (χ1v) is 12.1. The van der Waals surface area contributed by atoms with Gasteiger partial charge < -0.3 is 14.4 Å². The van der Waals surface area contributed by atoms with E-state index in [4.69, 9.17) is 9.47 Å². The molecule has 2 aliphatic rings. The fourth-order valence-electron chi connectivity index (χ4n) is 4.88. The standard InChI is InChI=1S/C27H20N4O10/c1-14-10-17(7-9-19(14)29-25(33)18-4-3-5-21(31(38)39)24(18)26(29)34)41-27(35)15-11-23(32)28(13-15)20-8-6-16(30(36)37)12-22(20)40-2/h3-10,12,15H,11,13H2,1-2H3/t15-/m0/s1. The van der Waals surface area contributed by atoms with E-state index < -0.39 is 45.1 Å². The van der Waals surface area contributed by atoms with Gasteiger partial charge in [0, 0.05) is 25.1 Å². The molecule has 0 N–H and O–H groups in total. The van der Waals surface area contributed by atoms with Gasteiger partial charge in [-0.1, -0.05) is 6.07 Å². The highest BCUT2D eigenvalue weighted by atomic mass is 16.6. The molecule has 0 aliphatic carbocycles. The van der Waals surface area contributed by atoms with Gasteiger partial charge >= 0.3 is 5.97 Å². The Morgan fingerprint density at radius 3 is 2.34 bits per heavy atom. The lowest BCUT2D eigenvalue weighted by molar-refractivity contribution is -0.385. The SMILES string of the molecule is COc1cc([N+](=O)[O-])ccc1N1C[C@@H](C(=O)Oc2ccc(N3C(=O)c4cccc([N+](=O)[O-])c4C3=O)c(C)c2)CC1=O. The first-order valence-electron chi connectivity index (χ1n) is 12.1. The molecule has 5 rings (SSSR count). The molecule has 0 bridgehead atoms. The smallest absolute Gasteiger partial charge is 0.316 e. The zero-order valence-electron chi connectivity index (χ0n) is 21.6. The molecule has 1 saturated heterocycles. The van der Waals surface area contributed by atoms with E-state index in [0.29, 0.717) is 5.56 Å². The Bertz CT molecular complexity index is 1680. The van der Waals surface area contributed by atoms with Gasteiger partial charge in [-0.2, -0.15) is 0 Å². The predicted octanol–water partition coefficient (Wildman–Crippen LogP) is 3.58. The summed E-state index contributed by atoms with van der Waals surface area (Å²) in [5.74, 6) is -3.30. The fourth-order valence-corrected chi connectivity index (χ4v) is 4.88. The Hall–Kier alpha value is -5.66. The van der Waals surface area contributed by atoms with Crippen LogP contribution < -0.4 is 19.3 Å². The number of amides is 3. The number of esters is 1. The number of carbonyl (C=O) groups excluding carboxylic acids is 4. The van der Waals surface area contributed by atoms with Gasteiger partial charge in [0.1, 0.15) is 17.1 Å². The van der Waals surface area contributed by atoms with Crippen molar-refractivity contribution in [2.45, 2.75) is 13.3 Å². The zero-order valence-corrected chi connectivity index (χ0v) is 21.6. The average Bonchev–Trinajstić information content (AvgIpc) is 3.45. The first kappa shape index (κ1) is 26.9. The monoisotopic (exact) mass is 560 g/mol. The molecule has 3 amide bonds. The van der Waals surface area contributed by atoms with Gasteiger partial charge in [-0.3, -0.25) is 39.4 Å². The number of carbonyl (C=O) groups is 4. The van der Waals surface area contributed by atoms with Crippen LogP contribution in [0.3, 0.4) is 0 Å². The lowest BCUT2D eigenvalue weighted by Gasteiger charge is -2.19. The Kier molecular flexibility index (Phi) is 6.66. The summed E-state index contributed by atoms with van der Waals surface area (Å²) in [6.07, 6.45) is -0.163. The average molecular weight is 560 g/mol. The van der Waals surface area contributed by atoms with Crippen LogP contribution in [0.5, 0.6) is 11.5 Å².